The number of carbonyl (C=O) groups excluding carboxylic acids is 1. The molecule has 2 saturated heterocycles. The summed E-state index contributed by atoms with van der Waals surface area (Å²) in [7, 11) is 2.16. The lowest BCUT2D eigenvalue weighted by atomic mass is 9.97. The van der Waals surface area contributed by atoms with Crippen molar-refractivity contribution in [3.63, 3.8) is 0 Å². The number of rotatable bonds is 7. The lowest BCUT2D eigenvalue weighted by Crippen LogP contribution is -2.46. The molecule has 2 fully saturated rings. The van der Waals surface area contributed by atoms with Crippen molar-refractivity contribution in [2.75, 3.05) is 64.3 Å². The molecule has 32 heavy (non-hydrogen) atoms. The topological polar surface area (TPSA) is 73.7 Å². The average Bonchev–Trinajstić information content (AvgIpc) is 2.82. The van der Waals surface area contributed by atoms with Crippen LogP contribution < -0.4 is 15.8 Å². The van der Waals surface area contributed by atoms with E-state index < -0.39 is 0 Å². The molecule has 1 aromatic carbocycles. The summed E-state index contributed by atoms with van der Waals surface area (Å²) in [6, 6.07) is 7.75. The van der Waals surface area contributed by atoms with Gasteiger partial charge in [-0.1, -0.05) is 12.1 Å². The number of piperidine rings is 1. The third kappa shape index (κ3) is 5.13. The molecule has 1 aromatic heterocycles. The minimum Gasteiger partial charge on any atom is -0.356 e. The van der Waals surface area contributed by atoms with E-state index in [0.717, 1.165) is 69.6 Å². The highest BCUT2D eigenvalue weighted by Crippen LogP contribution is 2.22. The van der Waals surface area contributed by atoms with Crippen LogP contribution in [-0.2, 0) is 11.3 Å². The molecule has 0 saturated carbocycles. The predicted molar refractivity (Wildman–Crippen MR) is 128 cm³/mol. The third-order valence-corrected chi connectivity index (χ3v) is 6.79. The Balaban J connectivity index is 1.34. The van der Waals surface area contributed by atoms with Gasteiger partial charge >= 0.3 is 0 Å². The summed E-state index contributed by atoms with van der Waals surface area (Å²) in [6.45, 7) is 10.1. The molecule has 174 valence electrons. The molecule has 0 aliphatic carbocycles. The van der Waals surface area contributed by atoms with Gasteiger partial charge in [0.05, 0.1) is 17.0 Å². The Hall–Kier alpha value is -2.45. The molecular weight excluding hydrogens is 404 g/mol. The van der Waals surface area contributed by atoms with Crippen molar-refractivity contribution in [3.8, 4) is 0 Å². The fourth-order valence-corrected chi connectivity index (χ4v) is 4.81. The van der Waals surface area contributed by atoms with E-state index in [1.165, 1.54) is 0 Å². The number of carbonyl (C=O) groups is 1. The second-order valence-corrected chi connectivity index (χ2v) is 9.05. The van der Waals surface area contributed by atoms with Crippen molar-refractivity contribution in [2.45, 2.75) is 32.7 Å². The Bertz CT molecular complexity index is 982. The Morgan fingerprint density at radius 3 is 2.72 bits per heavy atom. The number of benzene rings is 1. The van der Waals surface area contributed by atoms with Gasteiger partial charge in [-0.05, 0) is 51.9 Å². The van der Waals surface area contributed by atoms with Gasteiger partial charge in [-0.3, -0.25) is 9.59 Å². The Morgan fingerprint density at radius 1 is 1.16 bits per heavy atom. The first-order valence-corrected chi connectivity index (χ1v) is 12.0. The van der Waals surface area contributed by atoms with Gasteiger partial charge in [0, 0.05) is 52.4 Å². The number of nitrogens with zero attached hydrogens (tertiary/aromatic N) is 5. The number of aromatic nitrogens is 2. The SMILES string of the molecule is CCn1c(=O)c(N2CCCC(C(=O)NCCCN3CCN(C)CC3)C2)nc2ccccc21. The van der Waals surface area contributed by atoms with Crippen LogP contribution >= 0.6 is 0 Å². The van der Waals surface area contributed by atoms with E-state index >= 15 is 0 Å². The van der Waals surface area contributed by atoms with E-state index in [1.807, 2.05) is 36.1 Å². The fourth-order valence-electron chi connectivity index (χ4n) is 4.81. The highest BCUT2D eigenvalue weighted by atomic mass is 16.2. The number of hydrogen-bond donors (Lipinski definition) is 1. The van der Waals surface area contributed by atoms with E-state index in [9.17, 15) is 9.59 Å². The molecule has 8 heteroatoms. The van der Waals surface area contributed by atoms with Crippen LogP contribution in [0.25, 0.3) is 11.0 Å². The van der Waals surface area contributed by atoms with Crippen molar-refractivity contribution in [1.82, 2.24) is 24.7 Å². The van der Waals surface area contributed by atoms with Crippen molar-refractivity contribution < 1.29 is 4.79 Å². The van der Waals surface area contributed by atoms with Crippen LogP contribution in [0.2, 0.25) is 0 Å². The van der Waals surface area contributed by atoms with Crippen LogP contribution in [0, 0.1) is 5.92 Å². The maximum atomic E-state index is 13.1. The summed E-state index contributed by atoms with van der Waals surface area (Å²) >= 11 is 0. The smallest absolute Gasteiger partial charge is 0.293 e. The maximum Gasteiger partial charge on any atom is 0.293 e. The second kappa shape index (κ2) is 10.4. The number of aryl methyl sites for hydroxylation is 1. The number of anilines is 1. The molecular formula is C24H36N6O2. The number of amides is 1. The summed E-state index contributed by atoms with van der Waals surface area (Å²) < 4.78 is 1.78. The van der Waals surface area contributed by atoms with E-state index in [1.54, 1.807) is 4.57 Å². The number of para-hydroxylation sites is 2. The lowest BCUT2D eigenvalue weighted by molar-refractivity contribution is -0.125. The Morgan fingerprint density at radius 2 is 1.94 bits per heavy atom. The first-order chi connectivity index (χ1) is 15.6. The Kier molecular flexibility index (Phi) is 7.42. The van der Waals surface area contributed by atoms with Crippen LogP contribution in [-0.4, -0.2) is 84.7 Å². The van der Waals surface area contributed by atoms with Crippen molar-refractivity contribution in [2.24, 2.45) is 5.92 Å². The zero-order valence-corrected chi connectivity index (χ0v) is 19.4. The van der Waals surface area contributed by atoms with E-state index in [-0.39, 0.29) is 17.4 Å². The number of fused-ring (bicyclic) bond motifs is 1. The summed E-state index contributed by atoms with van der Waals surface area (Å²) in [6.07, 6.45) is 2.72. The van der Waals surface area contributed by atoms with Crippen LogP contribution in [0.15, 0.2) is 29.1 Å². The lowest BCUT2D eigenvalue weighted by Gasteiger charge is -2.33. The van der Waals surface area contributed by atoms with Crippen LogP contribution in [0.1, 0.15) is 26.2 Å². The third-order valence-electron chi connectivity index (χ3n) is 6.79. The highest BCUT2D eigenvalue weighted by molar-refractivity contribution is 5.80. The molecule has 0 bridgehead atoms. The number of likely N-dealkylation sites (N-methyl/N-ethyl adjacent to an activating group) is 1. The summed E-state index contributed by atoms with van der Waals surface area (Å²) in [5, 5.41) is 3.13. The monoisotopic (exact) mass is 440 g/mol. The molecule has 0 radical (unpaired) electrons. The second-order valence-electron chi connectivity index (χ2n) is 9.05. The molecule has 1 amide bonds. The van der Waals surface area contributed by atoms with Gasteiger partial charge in [-0.15, -0.1) is 0 Å². The number of nitrogens with one attached hydrogen (secondary N) is 1. The maximum absolute atomic E-state index is 13.1. The van der Waals surface area contributed by atoms with Crippen molar-refractivity contribution >= 4 is 22.8 Å². The number of hydrogen-bond acceptors (Lipinski definition) is 6. The molecule has 2 aliphatic rings. The molecule has 1 unspecified atom stereocenters. The number of piperazine rings is 1. The summed E-state index contributed by atoms with van der Waals surface area (Å²) in [5.41, 5.74) is 1.61. The molecule has 8 nitrogen and oxygen atoms in total. The van der Waals surface area contributed by atoms with Crippen molar-refractivity contribution in [3.05, 3.63) is 34.6 Å². The van der Waals surface area contributed by atoms with Gasteiger partial charge in [0.1, 0.15) is 0 Å². The average molecular weight is 441 g/mol. The standard InChI is InChI=1S/C24H36N6O2/c1-3-30-21-10-5-4-9-20(21)26-22(24(30)32)29-13-6-8-19(18-29)23(31)25-11-7-12-28-16-14-27(2)15-17-28/h4-5,9-10,19H,3,6-8,11-18H2,1-2H3,(H,25,31). The summed E-state index contributed by atoms with van der Waals surface area (Å²) in [4.78, 5) is 37.5. The molecule has 0 spiro atoms. The quantitative estimate of drug-likeness (QED) is 0.656. The first-order valence-electron chi connectivity index (χ1n) is 12.0. The molecule has 2 aliphatic heterocycles. The molecule has 2 aromatic rings. The van der Waals surface area contributed by atoms with E-state index in [2.05, 4.69) is 27.1 Å². The van der Waals surface area contributed by atoms with Gasteiger partial charge < -0.3 is 24.6 Å². The minimum absolute atomic E-state index is 0.0700. The van der Waals surface area contributed by atoms with Gasteiger partial charge in [0.15, 0.2) is 5.82 Å². The van der Waals surface area contributed by atoms with Crippen LogP contribution in [0.5, 0.6) is 0 Å². The minimum atomic E-state index is -0.102. The van der Waals surface area contributed by atoms with Crippen LogP contribution in [0.4, 0.5) is 5.82 Å². The molecule has 1 N–H and O–H groups in total. The Labute approximate surface area is 190 Å². The first kappa shape index (κ1) is 22.7. The zero-order valence-electron chi connectivity index (χ0n) is 19.4. The van der Waals surface area contributed by atoms with Crippen LogP contribution in [0.3, 0.4) is 0 Å². The van der Waals surface area contributed by atoms with E-state index in [0.29, 0.717) is 25.5 Å². The van der Waals surface area contributed by atoms with E-state index in [4.69, 9.17) is 0 Å². The highest BCUT2D eigenvalue weighted by Gasteiger charge is 2.28. The van der Waals surface area contributed by atoms with Crippen molar-refractivity contribution in [1.29, 1.82) is 0 Å². The van der Waals surface area contributed by atoms with Gasteiger partial charge in [-0.2, -0.15) is 0 Å². The summed E-state index contributed by atoms with van der Waals surface area (Å²) in [5.74, 6) is 0.470. The molecule has 1 atom stereocenters. The van der Waals surface area contributed by atoms with Gasteiger partial charge in [0.25, 0.3) is 5.56 Å². The largest absolute Gasteiger partial charge is 0.356 e. The fraction of sp³-hybridized carbons (Fsp3) is 0.625. The molecule has 3 heterocycles. The zero-order chi connectivity index (χ0) is 22.5. The van der Waals surface area contributed by atoms with Gasteiger partial charge in [0.2, 0.25) is 5.91 Å². The predicted octanol–water partition coefficient (Wildman–Crippen LogP) is 1.39. The normalized spacial score (nSPS) is 20.6. The van der Waals surface area contributed by atoms with Gasteiger partial charge in [-0.25, -0.2) is 4.98 Å². The molecule has 4 rings (SSSR count).